The van der Waals surface area contributed by atoms with Gasteiger partial charge in [-0.1, -0.05) is 13.8 Å². The Balaban J connectivity index is 2.10. The van der Waals surface area contributed by atoms with Crippen molar-refractivity contribution in [2.75, 3.05) is 16.9 Å². The molecular formula is C12H19N7. The number of hydrazine groups is 1. The van der Waals surface area contributed by atoms with Crippen molar-refractivity contribution in [1.82, 2.24) is 20.2 Å². The van der Waals surface area contributed by atoms with Crippen LogP contribution in [0.4, 0.5) is 11.8 Å². The van der Waals surface area contributed by atoms with Crippen molar-refractivity contribution in [3.8, 4) is 0 Å². The molecule has 0 aliphatic carbocycles. The molecule has 1 unspecified atom stereocenters. The highest BCUT2D eigenvalue weighted by Crippen LogP contribution is 2.32. The first kappa shape index (κ1) is 12.2. The van der Waals surface area contributed by atoms with Gasteiger partial charge >= 0.3 is 0 Å². The molecule has 0 bridgehead atoms. The summed E-state index contributed by atoms with van der Waals surface area (Å²) in [5.74, 6) is 7.37. The first-order valence-electron chi connectivity index (χ1n) is 6.65. The third-order valence-electron chi connectivity index (χ3n) is 3.76. The van der Waals surface area contributed by atoms with Gasteiger partial charge in [-0.15, -0.1) is 0 Å². The predicted octanol–water partition coefficient (Wildman–Crippen LogP) is 1.26. The summed E-state index contributed by atoms with van der Waals surface area (Å²) in [4.78, 5) is 11.1. The molecule has 2 aromatic heterocycles. The molecule has 4 N–H and O–H groups in total. The van der Waals surface area contributed by atoms with Gasteiger partial charge < -0.3 is 4.90 Å². The minimum atomic E-state index is 0.418. The quantitative estimate of drug-likeness (QED) is 0.568. The molecule has 7 nitrogen and oxygen atoms in total. The first-order valence-corrected chi connectivity index (χ1v) is 6.65. The molecule has 7 heteroatoms. The van der Waals surface area contributed by atoms with Crippen LogP contribution in [0.15, 0.2) is 6.20 Å². The lowest BCUT2D eigenvalue weighted by atomic mass is 10.0. The van der Waals surface area contributed by atoms with Gasteiger partial charge in [0, 0.05) is 12.6 Å². The van der Waals surface area contributed by atoms with Crippen molar-refractivity contribution in [2.45, 2.75) is 32.7 Å². The molecule has 0 radical (unpaired) electrons. The number of aromatic nitrogens is 4. The SMILES string of the molecule is CC(C)C1CCCN1c1nc(NN)nc2[nH]ncc12. The third-order valence-corrected chi connectivity index (χ3v) is 3.76. The summed E-state index contributed by atoms with van der Waals surface area (Å²) in [6.07, 6.45) is 4.17. The molecule has 102 valence electrons. The molecule has 3 heterocycles. The first-order chi connectivity index (χ1) is 9.20. The van der Waals surface area contributed by atoms with E-state index >= 15 is 0 Å². The Morgan fingerprint density at radius 1 is 1.47 bits per heavy atom. The second-order valence-electron chi connectivity index (χ2n) is 5.29. The smallest absolute Gasteiger partial charge is 0.241 e. The fourth-order valence-corrected chi connectivity index (χ4v) is 2.85. The largest absolute Gasteiger partial charge is 0.353 e. The van der Waals surface area contributed by atoms with E-state index in [1.54, 1.807) is 6.20 Å². The number of aromatic amines is 1. The Labute approximate surface area is 111 Å². The summed E-state index contributed by atoms with van der Waals surface area (Å²) in [6.45, 7) is 5.52. The van der Waals surface area contributed by atoms with E-state index < -0.39 is 0 Å². The van der Waals surface area contributed by atoms with Gasteiger partial charge in [0.2, 0.25) is 5.95 Å². The number of nitrogens with two attached hydrogens (primary N) is 1. The topological polar surface area (TPSA) is 95.8 Å². The zero-order chi connectivity index (χ0) is 13.4. The van der Waals surface area contributed by atoms with Crippen molar-refractivity contribution < 1.29 is 0 Å². The second kappa shape index (κ2) is 4.65. The van der Waals surface area contributed by atoms with Crippen molar-refractivity contribution in [1.29, 1.82) is 0 Å². The molecule has 19 heavy (non-hydrogen) atoms. The zero-order valence-electron chi connectivity index (χ0n) is 11.2. The molecule has 3 rings (SSSR count). The Kier molecular flexibility index (Phi) is 2.98. The van der Waals surface area contributed by atoms with Gasteiger partial charge in [-0.25, -0.2) is 5.84 Å². The van der Waals surface area contributed by atoms with Crippen molar-refractivity contribution in [3.63, 3.8) is 0 Å². The molecule has 1 fully saturated rings. The number of rotatable bonds is 3. The average Bonchev–Trinajstić information content (AvgIpc) is 3.05. The summed E-state index contributed by atoms with van der Waals surface area (Å²) >= 11 is 0. The summed E-state index contributed by atoms with van der Waals surface area (Å²) < 4.78 is 0. The van der Waals surface area contributed by atoms with Crippen LogP contribution in [-0.4, -0.2) is 32.8 Å². The van der Waals surface area contributed by atoms with Gasteiger partial charge in [0.1, 0.15) is 5.82 Å². The Bertz CT molecular complexity index is 576. The van der Waals surface area contributed by atoms with E-state index in [0.29, 0.717) is 23.6 Å². The van der Waals surface area contributed by atoms with E-state index in [-0.39, 0.29) is 0 Å². The predicted molar refractivity (Wildman–Crippen MR) is 74.7 cm³/mol. The van der Waals surface area contributed by atoms with E-state index in [9.17, 15) is 0 Å². The van der Waals surface area contributed by atoms with Crippen LogP contribution in [0.1, 0.15) is 26.7 Å². The minimum Gasteiger partial charge on any atom is -0.353 e. The number of H-pyrrole nitrogens is 1. The van der Waals surface area contributed by atoms with Gasteiger partial charge in [-0.05, 0) is 18.8 Å². The van der Waals surface area contributed by atoms with Gasteiger partial charge in [0.25, 0.3) is 0 Å². The van der Waals surface area contributed by atoms with Gasteiger partial charge in [-0.3, -0.25) is 10.5 Å². The maximum absolute atomic E-state index is 5.44. The molecule has 1 aliphatic rings. The third kappa shape index (κ3) is 1.99. The van der Waals surface area contributed by atoms with Crippen LogP contribution in [0.2, 0.25) is 0 Å². The molecule has 1 aliphatic heterocycles. The maximum atomic E-state index is 5.44. The van der Waals surface area contributed by atoms with Crippen molar-refractivity contribution in [3.05, 3.63) is 6.20 Å². The number of nitrogens with one attached hydrogen (secondary N) is 2. The lowest BCUT2D eigenvalue weighted by Gasteiger charge is -2.29. The van der Waals surface area contributed by atoms with Crippen molar-refractivity contribution in [2.24, 2.45) is 11.8 Å². The molecule has 0 aromatic carbocycles. The van der Waals surface area contributed by atoms with Gasteiger partial charge in [0.15, 0.2) is 5.65 Å². The average molecular weight is 261 g/mol. The lowest BCUT2D eigenvalue weighted by Crippen LogP contribution is -2.34. The van der Waals surface area contributed by atoms with E-state index in [0.717, 1.165) is 17.7 Å². The van der Waals surface area contributed by atoms with Crippen LogP contribution < -0.4 is 16.2 Å². The number of nitrogens with zero attached hydrogens (tertiary/aromatic N) is 4. The van der Waals surface area contributed by atoms with Crippen LogP contribution in [0.5, 0.6) is 0 Å². The van der Waals surface area contributed by atoms with Crippen molar-refractivity contribution >= 4 is 22.8 Å². The van der Waals surface area contributed by atoms with E-state index in [1.807, 2.05) is 0 Å². The van der Waals surface area contributed by atoms with Gasteiger partial charge in [0.05, 0.1) is 11.6 Å². The molecule has 1 atom stereocenters. The van der Waals surface area contributed by atoms with E-state index in [1.165, 1.54) is 12.8 Å². The molecule has 0 spiro atoms. The van der Waals surface area contributed by atoms with Crippen LogP contribution in [-0.2, 0) is 0 Å². The highest BCUT2D eigenvalue weighted by atomic mass is 15.3. The molecular weight excluding hydrogens is 242 g/mol. The summed E-state index contributed by atoms with van der Waals surface area (Å²) in [5.41, 5.74) is 3.24. The number of nitrogen functional groups attached to an aromatic ring is 1. The fourth-order valence-electron chi connectivity index (χ4n) is 2.85. The lowest BCUT2D eigenvalue weighted by molar-refractivity contribution is 0.490. The Morgan fingerprint density at radius 3 is 3.05 bits per heavy atom. The number of anilines is 2. The van der Waals surface area contributed by atoms with Crippen LogP contribution in [0.3, 0.4) is 0 Å². The number of hydrogen-bond donors (Lipinski definition) is 3. The van der Waals surface area contributed by atoms with E-state index in [4.69, 9.17) is 5.84 Å². The number of hydrogen-bond acceptors (Lipinski definition) is 6. The Hall–Kier alpha value is -1.89. The summed E-state index contributed by atoms with van der Waals surface area (Å²) in [6, 6.07) is 0.513. The van der Waals surface area contributed by atoms with Crippen LogP contribution in [0.25, 0.3) is 11.0 Å². The number of fused-ring (bicyclic) bond motifs is 1. The van der Waals surface area contributed by atoms with E-state index in [2.05, 4.69) is 44.3 Å². The molecule has 1 saturated heterocycles. The Morgan fingerprint density at radius 2 is 2.32 bits per heavy atom. The summed E-state index contributed by atoms with van der Waals surface area (Å²) in [7, 11) is 0. The second-order valence-corrected chi connectivity index (χ2v) is 5.29. The maximum Gasteiger partial charge on any atom is 0.241 e. The molecule has 0 saturated carbocycles. The highest BCUT2D eigenvalue weighted by molar-refractivity contribution is 5.87. The normalized spacial score (nSPS) is 19.6. The standard InChI is InChI=1S/C12H19N7/c1-7(2)9-4-3-5-19(9)11-8-6-14-18-10(8)15-12(16-11)17-13/h6-7,9H,3-5,13H2,1-2H3,(H2,14,15,16,17,18). The van der Waals surface area contributed by atoms with Gasteiger partial charge in [-0.2, -0.15) is 15.1 Å². The minimum absolute atomic E-state index is 0.418. The van der Waals surface area contributed by atoms with Crippen LogP contribution >= 0.6 is 0 Å². The molecule has 0 amide bonds. The monoisotopic (exact) mass is 261 g/mol. The van der Waals surface area contributed by atoms with Crippen LogP contribution in [0, 0.1) is 5.92 Å². The fraction of sp³-hybridized carbons (Fsp3) is 0.583. The zero-order valence-corrected chi connectivity index (χ0v) is 11.2. The molecule has 2 aromatic rings. The highest BCUT2D eigenvalue weighted by Gasteiger charge is 2.30. The summed E-state index contributed by atoms with van der Waals surface area (Å²) in [5, 5.41) is 7.89.